The lowest BCUT2D eigenvalue weighted by Crippen LogP contribution is -1.95. The molecule has 0 spiro atoms. The van der Waals surface area contributed by atoms with Crippen LogP contribution in [0.4, 0.5) is 4.39 Å². The summed E-state index contributed by atoms with van der Waals surface area (Å²) in [6, 6.07) is 5.07. The molecule has 0 saturated carbocycles. The molecule has 0 radical (unpaired) electrons. The number of hydrogen-bond acceptors (Lipinski definition) is 1. The number of hydrogen-bond donors (Lipinski definition) is 0. The number of allylic oxidation sites excluding steroid dienone is 2. The average Bonchev–Trinajstić information content (AvgIpc) is 2.30. The molecule has 1 aromatic carbocycles. The third kappa shape index (κ3) is 2.20. The van der Waals surface area contributed by atoms with Crippen molar-refractivity contribution < 1.29 is 9.13 Å². The molecule has 0 saturated heterocycles. The van der Waals surface area contributed by atoms with E-state index in [1.54, 1.807) is 7.11 Å². The van der Waals surface area contributed by atoms with Gasteiger partial charge in [0.05, 0.1) is 7.11 Å². The fourth-order valence-electron chi connectivity index (χ4n) is 1.97. The lowest BCUT2D eigenvalue weighted by Gasteiger charge is -2.14. The second-order valence-corrected chi connectivity index (χ2v) is 3.82. The van der Waals surface area contributed by atoms with Crippen LogP contribution in [0.2, 0.25) is 0 Å². The van der Waals surface area contributed by atoms with Crippen LogP contribution in [0, 0.1) is 5.82 Å². The number of ether oxygens (including phenoxy) is 1. The van der Waals surface area contributed by atoms with Crippen LogP contribution in [0.5, 0.6) is 5.75 Å². The van der Waals surface area contributed by atoms with Crippen LogP contribution >= 0.6 is 0 Å². The molecule has 2 rings (SSSR count). The van der Waals surface area contributed by atoms with E-state index in [1.807, 2.05) is 12.1 Å². The van der Waals surface area contributed by atoms with Crippen molar-refractivity contribution in [1.29, 1.82) is 0 Å². The maximum atomic E-state index is 13.7. The highest BCUT2D eigenvalue weighted by Crippen LogP contribution is 2.29. The van der Waals surface area contributed by atoms with Crippen molar-refractivity contribution in [3.8, 4) is 5.75 Å². The Morgan fingerprint density at radius 2 is 2.13 bits per heavy atom. The quantitative estimate of drug-likeness (QED) is 0.715. The minimum absolute atomic E-state index is 0.178. The summed E-state index contributed by atoms with van der Waals surface area (Å²) in [6.45, 7) is 0. The second kappa shape index (κ2) is 4.47. The van der Waals surface area contributed by atoms with E-state index in [-0.39, 0.29) is 5.82 Å². The Bertz CT molecular complexity index is 382. The summed E-state index contributed by atoms with van der Waals surface area (Å²) in [5.41, 5.74) is 1.87. The van der Waals surface area contributed by atoms with Gasteiger partial charge in [-0.15, -0.1) is 0 Å². The molecule has 80 valence electrons. The largest absolute Gasteiger partial charge is 0.497 e. The Kier molecular flexibility index (Phi) is 3.05. The van der Waals surface area contributed by atoms with Gasteiger partial charge in [-0.1, -0.05) is 6.08 Å². The molecule has 15 heavy (non-hydrogen) atoms. The van der Waals surface area contributed by atoms with Crippen LogP contribution in [0.15, 0.2) is 24.3 Å². The SMILES string of the molecule is COc1ccc(C2=CCCCC2)c(F)c1. The Morgan fingerprint density at radius 3 is 2.73 bits per heavy atom. The van der Waals surface area contributed by atoms with Crippen LogP contribution in [0.1, 0.15) is 31.2 Å². The first-order valence-electron chi connectivity index (χ1n) is 5.34. The van der Waals surface area contributed by atoms with Crippen LogP contribution in [0.25, 0.3) is 5.57 Å². The zero-order valence-electron chi connectivity index (χ0n) is 8.92. The van der Waals surface area contributed by atoms with Crippen LogP contribution in [0.3, 0.4) is 0 Å². The van der Waals surface area contributed by atoms with Gasteiger partial charge >= 0.3 is 0 Å². The van der Waals surface area contributed by atoms with Gasteiger partial charge in [-0.2, -0.15) is 0 Å². The molecule has 0 heterocycles. The molecular formula is C13H15FO. The van der Waals surface area contributed by atoms with Gasteiger partial charge in [-0.05, 0) is 43.4 Å². The second-order valence-electron chi connectivity index (χ2n) is 3.82. The van der Waals surface area contributed by atoms with Crippen molar-refractivity contribution in [2.45, 2.75) is 25.7 Å². The lowest BCUT2D eigenvalue weighted by molar-refractivity contribution is 0.411. The molecule has 0 bridgehead atoms. The van der Waals surface area contributed by atoms with E-state index in [0.717, 1.165) is 30.4 Å². The van der Waals surface area contributed by atoms with E-state index >= 15 is 0 Å². The van der Waals surface area contributed by atoms with Gasteiger partial charge < -0.3 is 4.74 Å². The predicted molar refractivity (Wildman–Crippen MR) is 59.4 cm³/mol. The maximum Gasteiger partial charge on any atom is 0.134 e. The molecule has 0 unspecified atom stereocenters. The van der Waals surface area contributed by atoms with Crippen LogP contribution in [-0.2, 0) is 0 Å². The maximum absolute atomic E-state index is 13.7. The molecule has 1 aliphatic rings. The molecule has 0 aliphatic heterocycles. The van der Waals surface area contributed by atoms with E-state index in [9.17, 15) is 4.39 Å². The summed E-state index contributed by atoms with van der Waals surface area (Å²) in [7, 11) is 1.55. The van der Waals surface area contributed by atoms with Crippen molar-refractivity contribution in [2.75, 3.05) is 7.11 Å². The number of benzene rings is 1. The molecule has 1 aromatic rings. The third-order valence-electron chi connectivity index (χ3n) is 2.81. The molecule has 1 nitrogen and oxygen atoms in total. The van der Waals surface area contributed by atoms with Crippen molar-refractivity contribution in [1.82, 2.24) is 0 Å². The summed E-state index contributed by atoms with van der Waals surface area (Å²) in [5, 5.41) is 0. The first kappa shape index (κ1) is 10.2. The standard InChI is InChI=1S/C13H15FO/c1-15-11-7-8-12(13(14)9-11)10-5-3-2-4-6-10/h5,7-9H,2-4,6H2,1H3. The van der Waals surface area contributed by atoms with Crippen molar-refractivity contribution in [3.05, 3.63) is 35.7 Å². The van der Waals surface area contributed by atoms with Crippen LogP contribution in [-0.4, -0.2) is 7.11 Å². The first-order chi connectivity index (χ1) is 7.31. The minimum Gasteiger partial charge on any atom is -0.497 e. The molecule has 0 atom stereocenters. The van der Waals surface area contributed by atoms with Crippen molar-refractivity contribution >= 4 is 5.57 Å². The summed E-state index contributed by atoms with van der Waals surface area (Å²) in [4.78, 5) is 0. The fraction of sp³-hybridized carbons (Fsp3) is 0.385. The Hall–Kier alpha value is -1.31. The summed E-state index contributed by atoms with van der Waals surface area (Å²) >= 11 is 0. The van der Waals surface area contributed by atoms with Gasteiger partial charge in [0.2, 0.25) is 0 Å². The molecule has 1 aliphatic carbocycles. The van der Waals surface area contributed by atoms with E-state index < -0.39 is 0 Å². The smallest absolute Gasteiger partial charge is 0.134 e. The van der Waals surface area contributed by atoms with Gasteiger partial charge in [0, 0.05) is 11.6 Å². The first-order valence-corrected chi connectivity index (χ1v) is 5.34. The Morgan fingerprint density at radius 1 is 1.27 bits per heavy atom. The zero-order valence-corrected chi connectivity index (χ0v) is 8.92. The third-order valence-corrected chi connectivity index (χ3v) is 2.81. The molecule has 0 fully saturated rings. The van der Waals surface area contributed by atoms with E-state index in [0.29, 0.717) is 5.75 Å². The van der Waals surface area contributed by atoms with E-state index in [2.05, 4.69) is 6.08 Å². The van der Waals surface area contributed by atoms with Gasteiger partial charge in [-0.3, -0.25) is 0 Å². The summed E-state index contributed by atoms with van der Waals surface area (Å²) in [6.07, 6.45) is 6.59. The monoisotopic (exact) mass is 206 g/mol. The summed E-state index contributed by atoms with van der Waals surface area (Å²) < 4.78 is 18.7. The normalized spacial score (nSPS) is 16.0. The Labute approximate surface area is 89.6 Å². The predicted octanol–water partition coefficient (Wildman–Crippen LogP) is 3.79. The molecule has 0 aromatic heterocycles. The Balaban J connectivity index is 2.32. The van der Waals surface area contributed by atoms with Crippen LogP contribution < -0.4 is 4.74 Å². The van der Waals surface area contributed by atoms with Gasteiger partial charge in [0.25, 0.3) is 0 Å². The average molecular weight is 206 g/mol. The molecular weight excluding hydrogens is 191 g/mol. The highest BCUT2D eigenvalue weighted by molar-refractivity contribution is 5.67. The van der Waals surface area contributed by atoms with Gasteiger partial charge in [0.1, 0.15) is 11.6 Å². The number of methoxy groups -OCH3 is 1. The summed E-state index contributed by atoms with van der Waals surface area (Å²) in [5.74, 6) is 0.398. The van der Waals surface area contributed by atoms with Gasteiger partial charge in [0.15, 0.2) is 0 Å². The van der Waals surface area contributed by atoms with Crippen molar-refractivity contribution in [3.63, 3.8) is 0 Å². The molecule has 2 heteroatoms. The zero-order chi connectivity index (χ0) is 10.7. The number of rotatable bonds is 2. The highest BCUT2D eigenvalue weighted by atomic mass is 19.1. The highest BCUT2D eigenvalue weighted by Gasteiger charge is 2.11. The van der Waals surface area contributed by atoms with Crippen molar-refractivity contribution in [2.24, 2.45) is 0 Å². The molecule has 0 N–H and O–H groups in total. The van der Waals surface area contributed by atoms with E-state index in [4.69, 9.17) is 4.74 Å². The lowest BCUT2D eigenvalue weighted by atomic mass is 9.93. The van der Waals surface area contributed by atoms with E-state index in [1.165, 1.54) is 12.5 Å². The number of halogens is 1. The fourth-order valence-corrected chi connectivity index (χ4v) is 1.97. The minimum atomic E-state index is -0.178. The topological polar surface area (TPSA) is 9.23 Å². The molecule has 0 amide bonds. The van der Waals surface area contributed by atoms with Gasteiger partial charge in [-0.25, -0.2) is 4.39 Å².